The Labute approximate surface area is 225 Å². The normalized spacial score (nSPS) is 14.7. The molecule has 5 rings (SSSR count). The zero-order chi connectivity index (χ0) is 28.1. The van der Waals surface area contributed by atoms with Gasteiger partial charge in [0.2, 0.25) is 0 Å². The topological polar surface area (TPSA) is 98.8 Å². The molecule has 1 aliphatic heterocycles. The maximum absolute atomic E-state index is 13.0. The van der Waals surface area contributed by atoms with Crippen LogP contribution >= 0.6 is 11.3 Å². The summed E-state index contributed by atoms with van der Waals surface area (Å²) in [6, 6.07) is 9.73. The third kappa shape index (κ3) is 4.99. The van der Waals surface area contributed by atoms with Crippen molar-refractivity contribution in [3.05, 3.63) is 75.7 Å². The molecule has 0 amide bonds. The van der Waals surface area contributed by atoms with E-state index in [-0.39, 0.29) is 17.7 Å². The molecule has 0 bridgehead atoms. The Balaban J connectivity index is 1.64. The molecule has 39 heavy (non-hydrogen) atoms. The van der Waals surface area contributed by atoms with Gasteiger partial charge in [-0.2, -0.15) is 0 Å². The fourth-order valence-corrected chi connectivity index (χ4v) is 5.75. The standard InChI is InChI=1S/C27H23F3N4O4S/c1-13-14(2)39-26-23(13)24(31-20(12-22(36)37-4)25-33-32-15(3)34(25)26)17-7-5-16(6-8-17)19-10-9-18(35)11-21(19)38-27(28,29)30/h5-11,20,35H,12H2,1-4H3/t20-/m0/s1. The lowest BCUT2D eigenvalue weighted by molar-refractivity contribution is -0.274. The fourth-order valence-electron chi connectivity index (χ4n) is 4.53. The number of hydrogen-bond acceptors (Lipinski definition) is 8. The summed E-state index contributed by atoms with van der Waals surface area (Å²) >= 11 is 1.56. The van der Waals surface area contributed by atoms with Crippen LogP contribution in [0.4, 0.5) is 13.2 Å². The first kappa shape index (κ1) is 26.4. The minimum absolute atomic E-state index is 0.0468. The molecule has 4 aromatic rings. The van der Waals surface area contributed by atoms with Crippen molar-refractivity contribution in [1.29, 1.82) is 0 Å². The second-order valence-corrected chi connectivity index (χ2v) is 10.2. The lowest BCUT2D eigenvalue weighted by Gasteiger charge is -2.15. The number of aliphatic imine (C=N–C) groups is 1. The molecular formula is C27H23F3N4O4S. The van der Waals surface area contributed by atoms with Crippen molar-refractivity contribution in [3.8, 4) is 27.6 Å². The average Bonchev–Trinajstić information content (AvgIpc) is 3.35. The highest BCUT2D eigenvalue weighted by molar-refractivity contribution is 7.15. The molecule has 0 saturated heterocycles. The molecule has 0 spiro atoms. The summed E-state index contributed by atoms with van der Waals surface area (Å²) in [4.78, 5) is 18.3. The maximum Gasteiger partial charge on any atom is 0.573 e. The quantitative estimate of drug-likeness (QED) is 0.304. The zero-order valence-corrected chi connectivity index (χ0v) is 22.1. The molecule has 1 N–H and O–H groups in total. The SMILES string of the molecule is COC(=O)C[C@@H]1N=C(c2ccc(-c3ccc(O)cc3OC(F)(F)F)cc2)c2c(sc(C)c2C)-n2c(C)nnc21. The van der Waals surface area contributed by atoms with Crippen LogP contribution in [0, 0.1) is 20.8 Å². The molecule has 0 fully saturated rings. The molecule has 12 heteroatoms. The highest BCUT2D eigenvalue weighted by Crippen LogP contribution is 2.41. The molecule has 3 heterocycles. The van der Waals surface area contributed by atoms with Crippen molar-refractivity contribution in [2.75, 3.05) is 7.11 Å². The Morgan fingerprint density at radius 3 is 2.44 bits per heavy atom. The van der Waals surface area contributed by atoms with Crippen molar-refractivity contribution in [1.82, 2.24) is 14.8 Å². The van der Waals surface area contributed by atoms with Crippen molar-refractivity contribution >= 4 is 23.0 Å². The van der Waals surface area contributed by atoms with Gasteiger partial charge in [-0.05, 0) is 44.0 Å². The predicted octanol–water partition coefficient (Wildman–Crippen LogP) is 5.98. The zero-order valence-electron chi connectivity index (χ0n) is 21.3. The van der Waals surface area contributed by atoms with E-state index in [2.05, 4.69) is 14.9 Å². The number of hydrogen-bond donors (Lipinski definition) is 1. The third-order valence-electron chi connectivity index (χ3n) is 6.49. The number of aryl methyl sites for hydroxylation is 2. The minimum Gasteiger partial charge on any atom is -0.508 e. The number of carbonyl (C=O) groups is 1. The van der Waals surface area contributed by atoms with E-state index in [1.54, 1.807) is 35.6 Å². The van der Waals surface area contributed by atoms with Gasteiger partial charge in [0.1, 0.15) is 28.4 Å². The smallest absolute Gasteiger partial charge is 0.508 e. The van der Waals surface area contributed by atoms with Gasteiger partial charge in [-0.1, -0.05) is 24.3 Å². The molecular weight excluding hydrogens is 533 g/mol. The number of thiophene rings is 1. The Kier molecular flexibility index (Phi) is 6.67. The first-order valence-corrected chi connectivity index (χ1v) is 12.6. The highest BCUT2D eigenvalue weighted by atomic mass is 32.1. The second kappa shape index (κ2) is 9.84. The molecule has 1 aliphatic rings. The van der Waals surface area contributed by atoms with Gasteiger partial charge in [0.05, 0.1) is 19.2 Å². The molecule has 0 saturated carbocycles. The minimum atomic E-state index is -4.92. The van der Waals surface area contributed by atoms with E-state index < -0.39 is 24.1 Å². The summed E-state index contributed by atoms with van der Waals surface area (Å²) in [6.45, 7) is 5.83. The number of methoxy groups -OCH3 is 1. The van der Waals surface area contributed by atoms with Gasteiger partial charge in [0, 0.05) is 27.6 Å². The number of aromatic hydroxyl groups is 1. The lowest BCUT2D eigenvalue weighted by Crippen LogP contribution is -2.17. The molecule has 8 nitrogen and oxygen atoms in total. The summed E-state index contributed by atoms with van der Waals surface area (Å²) in [6.07, 6.45) is -4.97. The van der Waals surface area contributed by atoms with E-state index >= 15 is 0 Å². The average molecular weight is 557 g/mol. The predicted molar refractivity (Wildman–Crippen MR) is 139 cm³/mol. The van der Waals surface area contributed by atoms with Gasteiger partial charge < -0.3 is 14.6 Å². The van der Waals surface area contributed by atoms with Crippen molar-refractivity contribution in [2.45, 2.75) is 39.6 Å². The number of aromatic nitrogens is 3. The van der Waals surface area contributed by atoms with Crippen molar-refractivity contribution < 1.29 is 32.5 Å². The van der Waals surface area contributed by atoms with Crippen LogP contribution in [-0.4, -0.2) is 45.0 Å². The molecule has 1 atom stereocenters. The first-order chi connectivity index (χ1) is 18.5. The van der Waals surface area contributed by atoms with Crippen LogP contribution in [0.2, 0.25) is 0 Å². The Morgan fingerprint density at radius 2 is 1.77 bits per heavy atom. The molecule has 2 aromatic carbocycles. The summed E-state index contributed by atoms with van der Waals surface area (Å²) in [5.41, 5.74) is 3.80. The van der Waals surface area contributed by atoms with Crippen LogP contribution in [0.1, 0.15) is 45.7 Å². The van der Waals surface area contributed by atoms with Crippen molar-refractivity contribution in [3.63, 3.8) is 0 Å². The van der Waals surface area contributed by atoms with Gasteiger partial charge in [-0.3, -0.25) is 14.4 Å². The Morgan fingerprint density at radius 1 is 1.08 bits per heavy atom. The van der Waals surface area contributed by atoms with E-state index in [0.717, 1.165) is 27.1 Å². The molecule has 2 aromatic heterocycles. The number of alkyl halides is 3. The number of nitrogens with zero attached hydrogens (tertiary/aromatic N) is 4. The first-order valence-electron chi connectivity index (χ1n) is 11.8. The van der Waals surface area contributed by atoms with Crippen LogP contribution in [-0.2, 0) is 9.53 Å². The number of rotatable bonds is 5. The van der Waals surface area contributed by atoms with Crippen LogP contribution < -0.4 is 4.74 Å². The van der Waals surface area contributed by atoms with Gasteiger partial charge >= 0.3 is 12.3 Å². The number of phenolic OH excluding ortho intramolecular Hbond substituents is 1. The van der Waals surface area contributed by atoms with Crippen molar-refractivity contribution in [2.24, 2.45) is 4.99 Å². The van der Waals surface area contributed by atoms with Crippen LogP contribution in [0.3, 0.4) is 0 Å². The monoisotopic (exact) mass is 556 g/mol. The number of ether oxygens (including phenoxy) is 2. The Hall–Kier alpha value is -4.19. The van der Waals surface area contributed by atoms with Crippen LogP contribution in [0.5, 0.6) is 11.5 Å². The van der Waals surface area contributed by atoms with Gasteiger partial charge in [0.25, 0.3) is 0 Å². The third-order valence-corrected chi connectivity index (χ3v) is 7.68. The summed E-state index contributed by atoms with van der Waals surface area (Å²) in [5.74, 6) is -0.144. The number of halogens is 3. The van der Waals surface area contributed by atoms with Crippen LogP contribution in [0.25, 0.3) is 16.1 Å². The number of carbonyl (C=O) groups excluding carboxylic acids is 1. The maximum atomic E-state index is 13.0. The second-order valence-electron chi connectivity index (χ2n) is 8.98. The van der Waals surface area contributed by atoms with Gasteiger partial charge in [-0.25, -0.2) is 0 Å². The van der Waals surface area contributed by atoms with Gasteiger partial charge in [0.15, 0.2) is 5.82 Å². The summed E-state index contributed by atoms with van der Waals surface area (Å²) in [5, 5.41) is 19.2. The molecule has 0 radical (unpaired) electrons. The van der Waals surface area contributed by atoms with E-state index in [1.807, 2.05) is 25.3 Å². The molecule has 0 unspecified atom stereocenters. The number of esters is 1. The number of phenols is 1. The van der Waals surface area contributed by atoms with Gasteiger partial charge in [-0.15, -0.1) is 34.7 Å². The van der Waals surface area contributed by atoms with E-state index in [4.69, 9.17) is 9.73 Å². The fraction of sp³-hybridized carbons (Fsp3) is 0.259. The largest absolute Gasteiger partial charge is 0.573 e. The lowest BCUT2D eigenvalue weighted by atomic mass is 9.96. The summed E-state index contributed by atoms with van der Waals surface area (Å²) in [7, 11) is 1.31. The van der Waals surface area contributed by atoms with Crippen LogP contribution in [0.15, 0.2) is 47.5 Å². The number of fused-ring (bicyclic) bond motifs is 3. The van der Waals surface area contributed by atoms with E-state index in [1.165, 1.54) is 19.2 Å². The summed E-state index contributed by atoms with van der Waals surface area (Å²) < 4.78 is 50.0. The van der Waals surface area contributed by atoms with E-state index in [9.17, 15) is 23.1 Å². The number of benzene rings is 2. The molecule has 202 valence electrons. The Bertz CT molecular complexity index is 1610. The van der Waals surface area contributed by atoms with E-state index in [0.29, 0.717) is 28.5 Å². The highest BCUT2D eigenvalue weighted by Gasteiger charge is 2.34. The molecule has 0 aliphatic carbocycles.